The number of esters is 4. The van der Waals surface area contributed by atoms with Gasteiger partial charge in [0.05, 0.1) is 111 Å². The van der Waals surface area contributed by atoms with Crippen LogP contribution in [0, 0.1) is 35.5 Å². The lowest BCUT2D eigenvalue weighted by atomic mass is 9.81. The van der Waals surface area contributed by atoms with E-state index in [0.717, 1.165) is 25.7 Å². The molecule has 12 unspecified atom stereocenters. The third-order valence-corrected chi connectivity index (χ3v) is 26.3. The minimum atomic E-state index is -0.946. The van der Waals surface area contributed by atoms with Gasteiger partial charge in [-0.1, -0.05) is 113 Å². The highest BCUT2D eigenvalue weighted by Gasteiger charge is 2.46. The molecule has 1 aromatic carbocycles. The van der Waals surface area contributed by atoms with Gasteiger partial charge in [-0.3, -0.25) is 76.9 Å². The maximum Gasteiger partial charge on any atom is 0.326 e. The number of hydrogen-bond acceptors (Lipinski definition) is 35. The fraction of sp³-hybridized carbons (Fsp3) is 0.800. The van der Waals surface area contributed by atoms with E-state index < -0.39 is 145 Å². The van der Waals surface area contributed by atoms with Gasteiger partial charge in [0.1, 0.15) is 38.5 Å². The van der Waals surface area contributed by atoms with Crippen LogP contribution in [0.4, 0.5) is 0 Å². The quantitative estimate of drug-likeness (QED) is 0.0130. The van der Waals surface area contributed by atoms with Crippen LogP contribution in [-0.4, -0.2) is 386 Å². The number of benzene rings is 1. The summed E-state index contributed by atoms with van der Waals surface area (Å²) in [6.45, 7) is 22.3. The van der Waals surface area contributed by atoms with Gasteiger partial charge in [-0.15, -0.1) is 11.8 Å². The molecule has 1 saturated carbocycles. The molecule has 144 heavy (non-hydrogen) atoms. The molecule has 11 N–H and O–H groups in total. The number of carboxylic acid groups (broad SMARTS) is 1. The molecular weight excluding hydrogens is 1900 g/mol. The molecule has 0 spiro atoms. The van der Waals surface area contributed by atoms with Gasteiger partial charge >= 0.3 is 29.8 Å². The molecule has 2 aliphatic heterocycles. The van der Waals surface area contributed by atoms with Gasteiger partial charge in [0.15, 0.2) is 25.2 Å². The average molecular weight is 2080 g/mol. The van der Waals surface area contributed by atoms with Crippen molar-refractivity contribution in [1.29, 1.82) is 0 Å². The Morgan fingerprint density at radius 2 is 1.02 bits per heavy atom. The van der Waals surface area contributed by atoms with Crippen molar-refractivity contribution in [3.05, 3.63) is 35.9 Å². The third-order valence-electron chi connectivity index (χ3n) is 25.1. The highest BCUT2D eigenvalue weighted by molar-refractivity contribution is 8.00. The number of aliphatic carboxylic acids is 1. The largest absolute Gasteiger partial charge is 0.481 e. The molecule has 4 rings (SSSR count). The van der Waals surface area contributed by atoms with Gasteiger partial charge in [0.25, 0.3) is 0 Å². The van der Waals surface area contributed by atoms with Gasteiger partial charge in [-0.25, -0.2) is 0 Å². The Balaban J connectivity index is 0.00000121. The van der Waals surface area contributed by atoms with E-state index in [2.05, 4.69) is 26.6 Å². The summed E-state index contributed by atoms with van der Waals surface area (Å²) in [5.74, 6) is -5.61. The van der Waals surface area contributed by atoms with Crippen LogP contribution in [-0.2, 0) is 133 Å². The minimum absolute atomic E-state index is 0.0105. The molecule has 0 aromatic heterocycles. The Bertz CT molecular complexity index is 3800. The Kier molecular flexibility index (Phi) is 70.8. The fourth-order valence-corrected chi connectivity index (χ4v) is 17.4. The smallest absolute Gasteiger partial charge is 0.326 e. The first-order valence-corrected chi connectivity index (χ1v) is 51.4. The van der Waals surface area contributed by atoms with Gasteiger partial charge in [0.2, 0.25) is 53.2 Å². The molecule has 19 atom stereocenters. The van der Waals surface area contributed by atoms with Gasteiger partial charge in [-0.05, 0) is 134 Å². The zero-order valence-corrected chi connectivity index (χ0v) is 90.0. The van der Waals surface area contributed by atoms with Crippen molar-refractivity contribution in [3.8, 4) is 0 Å². The summed E-state index contributed by atoms with van der Waals surface area (Å²) >= 11 is 1.37. The number of likely N-dealkylation sites (N-methyl/N-ethyl adjacent to an activating group) is 2. The van der Waals surface area contributed by atoms with Crippen LogP contribution in [0.2, 0.25) is 0 Å². The second-order valence-corrected chi connectivity index (χ2v) is 38.0. The first kappa shape index (κ1) is 134. The van der Waals surface area contributed by atoms with Crippen LogP contribution in [0.1, 0.15) is 236 Å². The number of likely N-dealkylation sites (tertiary alicyclic amines) is 2. The first-order valence-electron chi connectivity index (χ1n) is 50.3. The van der Waals surface area contributed by atoms with Crippen LogP contribution in [0.25, 0.3) is 0 Å². The number of imide groups is 1. The summed E-state index contributed by atoms with van der Waals surface area (Å²) in [4.78, 5) is 184. The van der Waals surface area contributed by atoms with Crippen LogP contribution < -0.4 is 26.6 Å². The number of methoxy groups -OCH3 is 6. The van der Waals surface area contributed by atoms with Crippen molar-refractivity contribution in [3.63, 3.8) is 0 Å². The van der Waals surface area contributed by atoms with E-state index in [0.29, 0.717) is 82.3 Å². The molecular formula is C100H175N9O34S. The summed E-state index contributed by atoms with van der Waals surface area (Å²) < 4.78 is 74.7. The van der Waals surface area contributed by atoms with Gasteiger partial charge in [0, 0.05) is 133 Å². The molecule has 2 saturated heterocycles. The van der Waals surface area contributed by atoms with Crippen LogP contribution >= 0.6 is 11.8 Å². The van der Waals surface area contributed by atoms with E-state index in [1.807, 2.05) is 88.2 Å². The number of carboxylic acids is 1. The van der Waals surface area contributed by atoms with Crippen LogP contribution in [0.3, 0.4) is 0 Å². The lowest BCUT2D eigenvalue weighted by Crippen LogP contribution is -2.59. The monoisotopic (exact) mass is 2080 g/mol. The number of thioether (sulfide) groups is 1. The van der Waals surface area contributed by atoms with Crippen molar-refractivity contribution >= 4 is 94.8 Å². The Hall–Kier alpha value is -8.29. The number of carbonyl (C=O) groups is 14. The molecule has 2 heterocycles. The van der Waals surface area contributed by atoms with Gasteiger partial charge < -0.3 is 133 Å². The summed E-state index contributed by atoms with van der Waals surface area (Å²) in [6.07, 6.45) is 1.70. The molecule has 9 amide bonds. The number of rotatable bonds is 69. The molecule has 44 heteroatoms. The number of aliphatic hydroxyl groups is 5. The zero-order chi connectivity index (χ0) is 109. The molecule has 0 radical (unpaired) electrons. The standard InChI is InChI=1S/C54H92N6O14.C27H45N3O9S.C12H22O7.C7H16O4/c1-16-35(7)49(59(12)54(68)47(33(3)4)57-53(67)48(34(5)6)58(10)11)41(69-13)29-43(63)60-28-22-25-40(60)50(71-15)36(8)52(66)56-37(9)51(38-23-19-18-20-24-38)74-45(65)30-55-42(62)26-21-27-44(64)72-32-46(70-14)73-39(17-2)31-61;1-4-20(16-31)39-25(37-3)17-38-24(34)7-5-6-22(32)29-12-13-40-21-14-23(33)30(27(21)36)15-18-8-10-19(11-9-18)26(35)28-2;1-3-9(7-13)19-12(17-2)8-18-11(16)6-4-5-10(14)15;1-3-6(4-8)11-7(5-9)10-2/h18-20,23-24,33-37,39-41,46-51,61H,16-17,21-22,25-32H2,1-15H3,(H,55,62)(H,56,66)(H,57,67);18-21,25,31H,4-17H2,1-3H3,(H,28,35)(H,29,32);9,12-13H,3-8H2,1-2H3,(H,14,15);6-9H,3-5H2,1-2H3/t35-,36+,37+,39?,40-,41+,46?,47?,48-,49?,50+,51?;;;/m0.../s1. The third kappa shape index (κ3) is 51.1. The molecule has 830 valence electrons. The molecule has 1 aliphatic carbocycles. The molecule has 1 aromatic rings. The summed E-state index contributed by atoms with van der Waals surface area (Å²) in [7, 11) is 15.7. The number of aliphatic hydroxyl groups excluding tert-OH is 5. The Morgan fingerprint density at radius 3 is 1.44 bits per heavy atom. The maximum absolute atomic E-state index is 14.5. The number of nitrogens with zero attached hydrogens (tertiary/aromatic N) is 4. The highest BCUT2D eigenvalue weighted by atomic mass is 32.2. The predicted octanol–water partition coefficient (Wildman–Crippen LogP) is 5.28. The number of ether oxygens (including phenoxy) is 14. The predicted molar refractivity (Wildman–Crippen MR) is 533 cm³/mol. The van der Waals surface area contributed by atoms with E-state index >= 15 is 0 Å². The second-order valence-electron chi connectivity index (χ2n) is 36.7. The normalized spacial score (nSPS) is 18.7. The van der Waals surface area contributed by atoms with E-state index in [4.69, 9.17) is 86.7 Å². The van der Waals surface area contributed by atoms with Crippen molar-refractivity contribution in [1.82, 2.24) is 46.2 Å². The lowest BCUT2D eigenvalue weighted by Gasteiger charge is -2.41. The first-order chi connectivity index (χ1) is 68.5. The number of hydrogen-bond donors (Lipinski definition) is 11. The topological polar surface area (TPSA) is 563 Å². The number of carbonyl (C=O) groups excluding carboxylic acids is 13. The summed E-state index contributed by atoms with van der Waals surface area (Å²) in [5, 5.41) is 66.9. The van der Waals surface area contributed by atoms with E-state index in [-0.39, 0.29) is 200 Å². The zero-order valence-electron chi connectivity index (χ0n) is 89.2. The Morgan fingerprint density at radius 1 is 0.542 bits per heavy atom. The lowest BCUT2D eigenvalue weighted by molar-refractivity contribution is -0.194. The number of nitrogens with one attached hydrogen (secondary N) is 5. The molecule has 0 bridgehead atoms. The fourth-order valence-electron chi connectivity index (χ4n) is 16.4. The van der Waals surface area contributed by atoms with Crippen molar-refractivity contribution < 1.29 is 164 Å². The van der Waals surface area contributed by atoms with Gasteiger partial charge in [-0.2, -0.15) is 0 Å². The molecule has 3 fully saturated rings. The molecule has 3 aliphatic rings. The Labute approximate surface area is 855 Å². The van der Waals surface area contributed by atoms with Crippen molar-refractivity contribution in [2.75, 3.05) is 156 Å². The molecule has 43 nitrogen and oxygen atoms in total. The number of amides is 9. The van der Waals surface area contributed by atoms with Crippen LogP contribution in [0.5, 0.6) is 0 Å². The second kappa shape index (κ2) is 76.3. The SMILES string of the molecule is CCC(CO)OC(CO)OC.CCC(CO)OC(COC(=O)CCCC(=O)NCC(=O)OC(c1ccccc1)[C@@H](C)NC(=O)[C@H](C)[C@@H](OC)[C@@H]1CCCN1C(=O)C[C@@H](OC)C([C@@H](C)CC)N(C)C(=O)C(NC(=O)[C@H](C(C)C)N(C)C)C(C)C)OC.CCC(CO)OC(COC(=O)CCCC(=O)NCCSC1CC(=O)N(CC2CCC(C(=O)NC)CC2)C1=O)OC.CCC(CO)OC(COC(=O)CCCC(=O)O)OC. The van der Waals surface area contributed by atoms with E-state index in [9.17, 15) is 77.3 Å². The average Bonchev–Trinajstić information content (AvgIpc) is 1.74. The summed E-state index contributed by atoms with van der Waals surface area (Å²) in [6, 6.07) is 5.92. The minimum Gasteiger partial charge on any atom is -0.481 e. The van der Waals surface area contributed by atoms with E-state index in [1.165, 1.54) is 59.3 Å². The van der Waals surface area contributed by atoms with Crippen molar-refractivity contribution in [2.45, 2.75) is 328 Å². The highest BCUT2D eigenvalue weighted by Crippen LogP contribution is 2.35. The van der Waals surface area contributed by atoms with E-state index in [1.54, 1.807) is 68.1 Å². The van der Waals surface area contributed by atoms with Crippen LogP contribution in [0.15, 0.2) is 30.3 Å². The van der Waals surface area contributed by atoms with Crippen molar-refractivity contribution in [2.24, 2.45) is 35.5 Å². The maximum atomic E-state index is 14.5. The summed E-state index contributed by atoms with van der Waals surface area (Å²) in [5.41, 5.74) is 0.606.